The van der Waals surface area contributed by atoms with E-state index < -0.39 is 5.97 Å². The predicted molar refractivity (Wildman–Crippen MR) is 64.6 cm³/mol. The molecule has 0 aromatic heterocycles. The average Bonchev–Trinajstić information content (AvgIpc) is 2.15. The lowest BCUT2D eigenvalue weighted by atomic mass is 10.0. The van der Waals surface area contributed by atoms with Crippen LogP contribution in [0.4, 0.5) is 0 Å². The summed E-state index contributed by atoms with van der Waals surface area (Å²) < 4.78 is 0. The van der Waals surface area contributed by atoms with Crippen LogP contribution in [0.15, 0.2) is 0 Å². The number of piperazine rings is 1. The largest absolute Gasteiger partial charge is 0.481 e. The van der Waals surface area contributed by atoms with Gasteiger partial charge in [0.05, 0.1) is 6.42 Å². The fourth-order valence-corrected chi connectivity index (χ4v) is 2.22. The van der Waals surface area contributed by atoms with E-state index in [1.54, 1.807) is 0 Å². The molecule has 1 aliphatic heterocycles. The SMILES string of the molecule is CC(CC(=O)O)N1CCN(C(C)(C)C)CC1. The highest BCUT2D eigenvalue weighted by Crippen LogP contribution is 2.17. The van der Waals surface area contributed by atoms with Crippen molar-refractivity contribution >= 4 is 5.97 Å². The number of hydrogen-bond acceptors (Lipinski definition) is 3. The van der Waals surface area contributed by atoms with Crippen LogP contribution in [0.1, 0.15) is 34.1 Å². The molecule has 0 spiro atoms. The Kier molecular flexibility index (Phi) is 4.33. The molecule has 0 aliphatic carbocycles. The molecule has 4 heteroatoms. The van der Waals surface area contributed by atoms with Gasteiger partial charge in [-0.05, 0) is 27.7 Å². The van der Waals surface area contributed by atoms with Crippen LogP contribution < -0.4 is 0 Å². The zero-order valence-electron chi connectivity index (χ0n) is 10.9. The molecular weight excluding hydrogens is 204 g/mol. The molecule has 1 atom stereocenters. The monoisotopic (exact) mass is 228 g/mol. The van der Waals surface area contributed by atoms with Crippen molar-refractivity contribution in [3.63, 3.8) is 0 Å². The second-order valence-corrected chi connectivity index (χ2v) is 5.64. The third-order valence-electron chi connectivity index (χ3n) is 3.36. The van der Waals surface area contributed by atoms with Crippen molar-refractivity contribution in [1.29, 1.82) is 0 Å². The highest BCUT2D eigenvalue weighted by Gasteiger charge is 2.28. The molecule has 94 valence electrons. The van der Waals surface area contributed by atoms with Gasteiger partial charge in [-0.1, -0.05) is 0 Å². The number of nitrogens with zero attached hydrogens (tertiary/aromatic N) is 2. The van der Waals surface area contributed by atoms with E-state index in [4.69, 9.17) is 5.11 Å². The van der Waals surface area contributed by atoms with Crippen LogP contribution in [0.25, 0.3) is 0 Å². The van der Waals surface area contributed by atoms with Gasteiger partial charge >= 0.3 is 5.97 Å². The van der Waals surface area contributed by atoms with Crippen LogP contribution in [0.2, 0.25) is 0 Å². The number of hydrogen-bond donors (Lipinski definition) is 1. The molecule has 0 radical (unpaired) electrons. The van der Waals surface area contributed by atoms with Crippen molar-refractivity contribution in [2.24, 2.45) is 0 Å². The molecule has 0 aromatic carbocycles. The summed E-state index contributed by atoms with van der Waals surface area (Å²) in [6, 6.07) is 0.152. The Labute approximate surface area is 98.2 Å². The maximum Gasteiger partial charge on any atom is 0.304 e. The smallest absolute Gasteiger partial charge is 0.304 e. The summed E-state index contributed by atoms with van der Waals surface area (Å²) >= 11 is 0. The van der Waals surface area contributed by atoms with E-state index >= 15 is 0 Å². The van der Waals surface area contributed by atoms with Gasteiger partial charge in [0.2, 0.25) is 0 Å². The van der Waals surface area contributed by atoms with Crippen LogP contribution in [-0.4, -0.2) is 58.6 Å². The Morgan fingerprint density at radius 2 is 1.75 bits per heavy atom. The minimum Gasteiger partial charge on any atom is -0.481 e. The molecule has 1 saturated heterocycles. The molecule has 1 unspecified atom stereocenters. The Morgan fingerprint density at radius 1 is 1.25 bits per heavy atom. The van der Waals surface area contributed by atoms with Crippen molar-refractivity contribution < 1.29 is 9.90 Å². The number of carboxylic acids is 1. The minimum absolute atomic E-state index is 0.152. The van der Waals surface area contributed by atoms with Gasteiger partial charge in [0, 0.05) is 37.8 Å². The fourth-order valence-electron chi connectivity index (χ4n) is 2.22. The molecule has 0 amide bonds. The average molecular weight is 228 g/mol. The zero-order chi connectivity index (χ0) is 12.3. The first-order chi connectivity index (χ1) is 7.30. The van der Waals surface area contributed by atoms with Crippen molar-refractivity contribution in [3.05, 3.63) is 0 Å². The van der Waals surface area contributed by atoms with Crippen LogP contribution in [0.5, 0.6) is 0 Å². The van der Waals surface area contributed by atoms with Crippen LogP contribution in [-0.2, 0) is 4.79 Å². The van der Waals surface area contributed by atoms with Gasteiger partial charge in [0.1, 0.15) is 0 Å². The lowest BCUT2D eigenvalue weighted by Crippen LogP contribution is -2.55. The maximum absolute atomic E-state index is 10.6. The Balaban J connectivity index is 2.40. The van der Waals surface area contributed by atoms with E-state index in [1.165, 1.54) is 0 Å². The third kappa shape index (κ3) is 3.76. The molecular formula is C12H24N2O2. The molecule has 1 heterocycles. The normalized spacial score (nSPS) is 22.0. The van der Waals surface area contributed by atoms with Crippen molar-refractivity contribution in [2.45, 2.75) is 45.7 Å². The Hall–Kier alpha value is -0.610. The van der Waals surface area contributed by atoms with Gasteiger partial charge in [0.15, 0.2) is 0 Å². The number of rotatable bonds is 3. The van der Waals surface area contributed by atoms with Gasteiger partial charge < -0.3 is 5.11 Å². The van der Waals surface area contributed by atoms with Crippen LogP contribution >= 0.6 is 0 Å². The molecule has 0 saturated carbocycles. The molecule has 1 N–H and O–H groups in total. The minimum atomic E-state index is -0.703. The van der Waals surface area contributed by atoms with Gasteiger partial charge in [-0.2, -0.15) is 0 Å². The van der Waals surface area contributed by atoms with E-state index in [1.807, 2.05) is 6.92 Å². The van der Waals surface area contributed by atoms with Gasteiger partial charge in [-0.25, -0.2) is 0 Å². The summed E-state index contributed by atoms with van der Waals surface area (Å²) in [5.41, 5.74) is 0.224. The summed E-state index contributed by atoms with van der Waals surface area (Å²) in [5.74, 6) is -0.703. The van der Waals surface area contributed by atoms with E-state index in [9.17, 15) is 4.79 Å². The quantitative estimate of drug-likeness (QED) is 0.790. The summed E-state index contributed by atoms with van der Waals surface area (Å²) in [7, 11) is 0. The summed E-state index contributed by atoms with van der Waals surface area (Å²) in [5, 5.41) is 8.76. The Bertz CT molecular complexity index is 240. The number of carbonyl (C=O) groups is 1. The Morgan fingerprint density at radius 3 is 2.12 bits per heavy atom. The second kappa shape index (κ2) is 5.15. The van der Waals surface area contributed by atoms with Gasteiger partial charge in [-0.3, -0.25) is 14.6 Å². The van der Waals surface area contributed by atoms with Crippen molar-refractivity contribution in [2.75, 3.05) is 26.2 Å². The highest BCUT2D eigenvalue weighted by atomic mass is 16.4. The van der Waals surface area contributed by atoms with E-state index in [2.05, 4.69) is 30.6 Å². The maximum atomic E-state index is 10.6. The first-order valence-electron chi connectivity index (χ1n) is 6.01. The van der Waals surface area contributed by atoms with Crippen molar-refractivity contribution in [3.8, 4) is 0 Å². The van der Waals surface area contributed by atoms with E-state index in [-0.39, 0.29) is 18.0 Å². The lowest BCUT2D eigenvalue weighted by Gasteiger charge is -2.43. The summed E-state index contributed by atoms with van der Waals surface area (Å²) in [6.45, 7) is 12.7. The van der Waals surface area contributed by atoms with E-state index in [0.29, 0.717) is 0 Å². The first kappa shape index (κ1) is 13.5. The van der Waals surface area contributed by atoms with Crippen molar-refractivity contribution in [1.82, 2.24) is 9.80 Å². The summed E-state index contributed by atoms with van der Waals surface area (Å²) in [6.07, 6.45) is 0.246. The predicted octanol–water partition coefficient (Wildman–Crippen LogP) is 1.27. The van der Waals surface area contributed by atoms with Gasteiger partial charge in [-0.15, -0.1) is 0 Å². The summed E-state index contributed by atoms with van der Waals surface area (Å²) in [4.78, 5) is 15.4. The molecule has 1 aliphatic rings. The molecule has 4 nitrogen and oxygen atoms in total. The third-order valence-corrected chi connectivity index (χ3v) is 3.36. The first-order valence-corrected chi connectivity index (χ1v) is 6.01. The number of aliphatic carboxylic acids is 1. The molecule has 0 bridgehead atoms. The molecule has 0 aromatic rings. The fraction of sp³-hybridized carbons (Fsp3) is 0.917. The standard InChI is InChI=1S/C12H24N2O2/c1-10(9-11(15)16)13-5-7-14(8-6-13)12(2,3)4/h10H,5-9H2,1-4H3,(H,15,16). The number of carboxylic acid groups (broad SMARTS) is 1. The molecule has 1 rings (SSSR count). The van der Waals surface area contributed by atoms with Gasteiger partial charge in [0.25, 0.3) is 0 Å². The second-order valence-electron chi connectivity index (χ2n) is 5.64. The zero-order valence-corrected chi connectivity index (χ0v) is 10.9. The topological polar surface area (TPSA) is 43.8 Å². The van der Waals surface area contributed by atoms with Crippen LogP contribution in [0, 0.1) is 0 Å². The molecule has 16 heavy (non-hydrogen) atoms. The van der Waals surface area contributed by atoms with E-state index in [0.717, 1.165) is 26.2 Å². The lowest BCUT2D eigenvalue weighted by molar-refractivity contribution is -0.138. The molecule has 1 fully saturated rings. The van der Waals surface area contributed by atoms with Crippen LogP contribution in [0.3, 0.4) is 0 Å². The highest BCUT2D eigenvalue weighted by molar-refractivity contribution is 5.67.